The Morgan fingerprint density at radius 2 is 2.22 bits per heavy atom. The van der Waals surface area contributed by atoms with Crippen molar-refractivity contribution in [3.63, 3.8) is 0 Å². The molecule has 1 aromatic carbocycles. The van der Waals surface area contributed by atoms with E-state index in [1.807, 2.05) is 19.1 Å². The quantitative estimate of drug-likeness (QED) is 0.924. The summed E-state index contributed by atoms with van der Waals surface area (Å²) >= 11 is 3.56. The fourth-order valence-electron chi connectivity index (χ4n) is 2.33. The lowest BCUT2D eigenvalue weighted by Crippen LogP contribution is -2.45. The van der Waals surface area contributed by atoms with Gasteiger partial charge >= 0.3 is 0 Å². The summed E-state index contributed by atoms with van der Waals surface area (Å²) in [4.78, 5) is 13.4. The number of rotatable bonds is 3. The molecule has 1 aliphatic heterocycles. The van der Waals surface area contributed by atoms with Gasteiger partial charge in [0.2, 0.25) is 5.91 Å². The van der Waals surface area contributed by atoms with Crippen LogP contribution in [0, 0.1) is 0 Å². The van der Waals surface area contributed by atoms with Gasteiger partial charge in [-0.25, -0.2) is 0 Å². The molecule has 0 radical (unpaired) electrons. The Bertz CT molecular complexity index is 476. The molecule has 1 aliphatic rings. The van der Waals surface area contributed by atoms with E-state index in [0.717, 1.165) is 29.7 Å². The minimum atomic E-state index is -0.280. The number of fused-ring (bicyclic) bond motifs is 1. The molecule has 0 bridgehead atoms. The number of carbonyl (C=O) groups is 1. The summed E-state index contributed by atoms with van der Waals surface area (Å²) in [6.07, 6.45) is 0.871. The van der Waals surface area contributed by atoms with Crippen LogP contribution in [0.5, 0.6) is 5.75 Å². The largest absolute Gasteiger partial charge is 0.496 e. The van der Waals surface area contributed by atoms with Gasteiger partial charge in [0.25, 0.3) is 0 Å². The number of carbonyl (C=O) groups excluding carboxylic acids is 1. The molecule has 5 heteroatoms. The van der Waals surface area contributed by atoms with E-state index in [0.29, 0.717) is 0 Å². The van der Waals surface area contributed by atoms with Gasteiger partial charge in [0.1, 0.15) is 5.75 Å². The van der Waals surface area contributed by atoms with Crippen LogP contribution >= 0.6 is 15.9 Å². The van der Waals surface area contributed by atoms with Crippen molar-refractivity contribution in [1.82, 2.24) is 4.90 Å². The zero-order chi connectivity index (χ0) is 13.3. The van der Waals surface area contributed by atoms with Gasteiger partial charge < -0.3 is 10.5 Å². The number of hydrogen-bond acceptors (Lipinski definition) is 3. The van der Waals surface area contributed by atoms with Crippen LogP contribution < -0.4 is 10.5 Å². The summed E-state index contributed by atoms with van der Waals surface area (Å²) in [5.41, 5.74) is 7.77. The summed E-state index contributed by atoms with van der Waals surface area (Å²) in [5.74, 6) is 0.636. The standard InChI is InChI=1S/C13H17BrN2O2/c1-8(13(15)17)16-6-5-9-10(7-16)11(14)3-4-12(9)18-2/h3-4,8H,5-7H2,1-2H3,(H2,15,17). The summed E-state index contributed by atoms with van der Waals surface area (Å²) in [7, 11) is 1.68. The molecule has 1 unspecified atom stereocenters. The van der Waals surface area contributed by atoms with Crippen molar-refractivity contribution in [2.75, 3.05) is 13.7 Å². The van der Waals surface area contributed by atoms with Crippen LogP contribution in [0.1, 0.15) is 18.1 Å². The Balaban J connectivity index is 2.31. The molecule has 2 rings (SSSR count). The molecule has 98 valence electrons. The zero-order valence-corrected chi connectivity index (χ0v) is 12.2. The second-order valence-corrected chi connectivity index (χ2v) is 5.36. The molecule has 1 amide bonds. The SMILES string of the molecule is COc1ccc(Br)c2c1CCN(C(C)C(N)=O)C2. The van der Waals surface area contributed by atoms with Gasteiger partial charge in [0.15, 0.2) is 0 Å². The van der Waals surface area contributed by atoms with E-state index in [9.17, 15) is 4.79 Å². The maximum Gasteiger partial charge on any atom is 0.234 e. The molecule has 1 atom stereocenters. The topological polar surface area (TPSA) is 55.6 Å². The molecule has 1 aromatic rings. The van der Waals surface area contributed by atoms with Gasteiger partial charge in [-0.1, -0.05) is 15.9 Å². The monoisotopic (exact) mass is 312 g/mol. The number of methoxy groups -OCH3 is 1. The summed E-state index contributed by atoms with van der Waals surface area (Å²) in [5, 5.41) is 0. The van der Waals surface area contributed by atoms with Crippen molar-refractivity contribution in [2.24, 2.45) is 5.73 Å². The van der Waals surface area contributed by atoms with Crippen LogP contribution in [-0.4, -0.2) is 30.5 Å². The number of nitrogens with two attached hydrogens (primary N) is 1. The van der Waals surface area contributed by atoms with E-state index < -0.39 is 0 Å². The zero-order valence-electron chi connectivity index (χ0n) is 10.6. The minimum Gasteiger partial charge on any atom is -0.496 e. The predicted octanol–water partition coefficient (Wildman–Crippen LogP) is 1.69. The third-order valence-electron chi connectivity index (χ3n) is 3.52. The molecular formula is C13H17BrN2O2. The van der Waals surface area contributed by atoms with Crippen LogP contribution in [0.4, 0.5) is 0 Å². The minimum absolute atomic E-state index is 0.240. The van der Waals surface area contributed by atoms with Crippen LogP contribution in [0.2, 0.25) is 0 Å². The van der Waals surface area contributed by atoms with Gasteiger partial charge in [-0.3, -0.25) is 9.69 Å². The average Bonchev–Trinajstić information content (AvgIpc) is 2.38. The molecule has 4 nitrogen and oxygen atoms in total. The Kier molecular flexibility index (Phi) is 3.92. The number of halogens is 1. The van der Waals surface area contributed by atoms with Gasteiger partial charge in [0, 0.05) is 23.1 Å². The van der Waals surface area contributed by atoms with Crippen LogP contribution in [-0.2, 0) is 17.8 Å². The highest BCUT2D eigenvalue weighted by atomic mass is 79.9. The van der Waals surface area contributed by atoms with Crippen molar-refractivity contribution < 1.29 is 9.53 Å². The lowest BCUT2D eigenvalue weighted by atomic mass is 9.97. The molecule has 2 N–H and O–H groups in total. The highest BCUT2D eigenvalue weighted by molar-refractivity contribution is 9.10. The fraction of sp³-hybridized carbons (Fsp3) is 0.462. The number of hydrogen-bond donors (Lipinski definition) is 1. The second-order valence-electron chi connectivity index (χ2n) is 4.51. The normalized spacial score (nSPS) is 17.1. The average molecular weight is 313 g/mol. The first-order valence-electron chi connectivity index (χ1n) is 5.92. The molecule has 0 saturated heterocycles. The van der Waals surface area contributed by atoms with E-state index in [4.69, 9.17) is 10.5 Å². The van der Waals surface area contributed by atoms with Crippen molar-refractivity contribution in [2.45, 2.75) is 25.9 Å². The first-order valence-corrected chi connectivity index (χ1v) is 6.71. The van der Waals surface area contributed by atoms with Crippen molar-refractivity contribution >= 4 is 21.8 Å². The van der Waals surface area contributed by atoms with E-state index in [-0.39, 0.29) is 11.9 Å². The molecule has 0 aliphatic carbocycles. The van der Waals surface area contributed by atoms with Crippen LogP contribution in [0.25, 0.3) is 0 Å². The molecule has 0 aromatic heterocycles. The summed E-state index contributed by atoms with van der Waals surface area (Å²) < 4.78 is 6.44. The smallest absolute Gasteiger partial charge is 0.234 e. The molecule has 1 heterocycles. The van der Waals surface area contributed by atoms with Gasteiger partial charge in [-0.2, -0.15) is 0 Å². The van der Waals surface area contributed by atoms with Crippen molar-refractivity contribution in [1.29, 1.82) is 0 Å². The van der Waals surface area contributed by atoms with E-state index >= 15 is 0 Å². The third kappa shape index (κ3) is 2.37. The third-order valence-corrected chi connectivity index (χ3v) is 4.26. The number of benzene rings is 1. The van der Waals surface area contributed by atoms with E-state index in [1.54, 1.807) is 7.11 Å². The van der Waals surface area contributed by atoms with Gasteiger partial charge in [-0.15, -0.1) is 0 Å². The number of ether oxygens (including phenoxy) is 1. The van der Waals surface area contributed by atoms with Gasteiger partial charge in [-0.05, 0) is 31.0 Å². The lowest BCUT2D eigenvalue weighted by molar-refractivity contribution is -0.123. The highest BCUT2D eigenvalue weighted by Gasteiger charge is 2.26. The van der Waals surface area contributed by atoms with E-state index in [1.165, 1.54) is 11.1 Å². The van der Waals surface area contributed by atoms with Gasteiger partial charge in [0.05, 0.1) is 13.2 Å². The first-order chi connectivity index (χ1) is 8.54. The fourth-order valence-corrected chi connectivity index (χ4v) is 2.82. The Morgan fingerprint density at radius 3 is 2.83 bits per heavy atom. The number of nitrogens with zero attached hydrogens (tertiary/aromatic N) is 1. The van der Waals surface area contributed by atoms with E-state index in [2.05, 4.69) is 20.8 Å². The second kappa shape index (κ2) is 5.28. The Hall–Kier alpha value is -1.07. The predicted molar refractivity (Wildman–Crippen MR) is 73.5 cm³/mol. The number of primary amides is 1. The highest BCUT2D eigenvalue weighted by Crippen LogP contribution is 2.33. The molecule has 18 heavy (non-hydrogen) atoms. The number of amides is 1. The van der Waals surface area contributed by atoms with Crippen LogP contribution in [0.15, 0.2) is 16.6 Å². The molecule has 0 spiro atoms. The van der Waals surface area contributed by atoms with Crippen LogP contribution in [0.3, 0.4) is 0 Å². The van der Waals surface area contributed by atoms with Crippen molar-refractivity contribution in [3.8, 4) is 5.75 Å². The Labute approximate surface area is 115 Å². The summed E-state index contributed by atoms with van der Waals surface area (Å²) in [6, 6.07) is 3.71. The Morgan fingerprint density at radius 1 is 1.50 bits per heavy atom. The summed E-state index contributed by atoms with van der Waals surface area (Å²) in [6.45, 7) is 3.39. The van der Waals surface area contributed by atoms with Crippen molar-refractivity contribution in [3.05, 3.63) is 27.7 Å². The molecule has 0 fully saturated rings. The first kappa shape index (κ1) is 13.4. The molecule has 0 saturated carbocycles. The molecular weight excluding hydrogens is 296 g/mol. The maximum atomic E-state index is 11.3. The lowest BCUT2D eigenvalue weighted by Gasteiger charge is -2.33. The maximum absolute atomic E-state index is 11.3.